The Morgan fingerprint density at radius 3 is 2.62 bits per heavy atom. The molecule has 0 amide bonds. The van der Waals surface area contributed by atoms with E-state index in [1.54, 1.807) is 0 Å². The van der Waals surface area contributed by atoms with Crippen LogP contribution in [0.4, 0.5) is 0 Å². The summed E-state index contributed by atoms with van der Waals surface area (Å²) in [7, 11) is 0. The van der Waals surface area contributed by atoms with E-state index in [9.17, 15) is 9.90 Å². The van der Waals surface area contributed by atoms with Crippen LogP contribution in [0.1, 0.15) is 20.3 Å². The van der Waals surface area contributed by atoms with E-state index in [1.807, 2.05) is 56.3 Å². The third-order valence-electron chi connectivity index (χ3n) is 3.25. The summed E-state index contributed by atoms with van der Waals surface area (Å²) in [6.45, 7) is 4.23. The predicted molar refractivity (Wildman–Crippen MR) is 83.8 cm³/mol. The second kappa shape index (κ2) is 7.09. The Hall–Kier alpha value is -2.07. The molecule has 4 nitrogen and oxygen atoms in total. The molecule has 0 saturated heterocycles. The van der Waals surface area contributed by atoms with E-state index in [0.717, 1.165) is 16.5 Å². The van der Waals surface area contributed by atoms with Gasteiger partial charge in [0.1, 0.15) is 11.8 Å². The van der Waals surface area contributed by atoms with E-state index in [0.29, 0.717) is 13.0 Å². The highest BCUT2D eigenvalue weighted by molar-refractivity contribution is 5.88. The number of ether oxygens (including phenoxy) is 1. The van der Waals surface area contributed by atoms with E-state index in [1.165, 1.54) is 0 Å². The van der Waals surface area contributed by atoms with Crippen molar-refractivity contribution in [1.29, 1.82) is 0 Å². The minimum Gasteiger partial charge on any atom is -0.493 e. The fraction of sp³-hybridized carbons (Fsp3) is 0.353. The summed E-state index contributed by atoms with van der Waals surface area (Å²) >= 11 is 0. The maximum absolute atomic E-state index is 11.2. The molecular weight excluding hydrogens is 266 g/mol. The van der Waals surface area contributed by atoms with Crippen molar-refractivity contribution in [2.45, 2.75) is 32.4 Å². The molecular formula is C17H21NO3. The van der Waals surface area contributed by atoms with Crippen molar-refractivity contribution in [2.24, 2.45) is 0 Å². The number of benzene rings is 2. The van der Waals surface area contributed by atoms with Gasteiger partial charge in [-0.3, -0.25) is 4.79 Å². The van der Waals surface area contributed by atoms with Gasteiger partial charge in [-0.2, -0.15) is 0 Å². The van der Waals surface area contributed by atoms with Gasteiger partial charge in [0.2, 0.25) is 0 Å². The van der Waals surface area contributed by atoms with Gasteiger partial charge in [-0.05, 0) is 11.5 Å². The summed E-state index contributed by atoms with van der Waals surface area (Å²) in [5.74, 6) is -0.0491. The Balaban J connectivity index is 2.00. The first-order valence-corrected chi connectivity index (χ1v) is 7.17. The molecule has 0 radical (unpaired) electrons. The first-order valence-electron chi connectivity index (χ1n) is 7.17. The topological polar surface area (TPSA) is 58.6 Å². The zero-order valence-corrected chi connectivity index (χ0v) is 12.4. The molecule has 0 saturated carbocycles. The van der Waals surface area contributed by atoms with Gasteiger partial charge in [-0.25, -0.2) is 0 Å². The van der Waals surface area contributed by atoms with Crippen LogP contribution in [0.3, 0.4) is 0 Å². The zero-order chi connectivity index (χ0) is 15.2. The summed E-state index contributed by atoms with van der Waals surface area (Å²) in [6, 6.07) is 13.4. The Bertz CT molecular complexity index is 605. The highest BCUT2D eigenvalue weighted by atomic mass is 16.5. The molecule has 4 heteroatoms. The summed E-state index contributed by atoms with van der Waals surface area (Å²) < 4.78 is 5.78. The SMILES string of the molecule is CC(C)NC(CCOc1cccc2ccccc12)C(=O)O. The van der Waals surface area contributed by atoms with E-state index < -0.39 is 12.0 Å². The van der Waals surface area contributed by atoms with E-state index in [2.05, 4.69) is 5.32 Å². The van der Waals surface area contributed by atoms with Gasteiger partial charge in [0.25, 0.3) is 0 Å². The molecule has 2 aromatic carbocycles. The fourth-order valence-corrected chi connectivity index (χ4v) is 2.29. The molecule has 112 valence electrons. The summed E-state index contributed by atoms with van der Waals surface area (Å²) in [6.07, 6.45) is 0.427. The predicted octanol–water partition coefficient (Wildman–Crippen LogP) is 3.06. The molecule has 0 fully saturated rings. The van der Waals surface area contributed by atoms with Crippen molar-refractivity contribution in [2.75, 3.05) is 6.61 Å². The number of carbonyl (C=O) groups is 1. The normalized spacial score (nSPS) is 12.5. The first-order chi connectivity index (χ1) is 10.1. The largest absolute Gasteiger partial charge is 0.493 e. The lowest BCUT2D eigenvalue weighted by atomic mass is 10.1. The summed E-state index contributed by atoms with van der Waals surface area (Å²) in [4.78, 5) is 11.2. The van der Waals surface area contributed by atoms with Crippen LogP contribution in [0.15, 0.2) is 42.5 Å². The maximum Gasteiger partial charge on any atom is 0.320 e. The molecule has 0 heterocycles. The Morgan fingerprint density at radius 2 is 1.90 bits per heavy atom. The Kier molecular flexibility index (Phi) is 5.17. The number of fused-ring (bicyclic) bond motifs is 1. The van der Waals surface area contributed by atoms with Crippen molar-refractivity contribution in [3.05, 3.63) is 42.5 Å². The number of rotatable bonds is 7. The van der Waals surface area contributed by atoms with Crippen molar-refractivity contribution in [3.8, 4) is 5.75 Å². The van der Waals surface area contributed by atoms with Gasteiger partial charge in [-0.1, -0.05) is 50.2 Å². The van der Waals surface area contributed by atoms with E-state index >= 15 is 0 Å². The lowest BCUT2D eigenvalue weighted by Gasteiger charge is -2.17. The quantitative estimate of drug-likeness (QED) is 0.821. The second-order valence-electron chi connectivity index (χ2n) is 5.33. The standard InChI is InChI=1S/C17H21NO3/c1-12(2)18-15(17(19)20)10-11-21-16-9-5-7-13-6-3-4-8-14(13)16/h3-9,12,15,18H,10-11H2,1-2H3,(H,19,20). The molecule has 0 spiro atoms. The smallest absolute Gasteiger partial charge is 0.320 e. The van der Waals surface area contributed by atoms with Crippen LogP contribution in [-0.2, 0) is 4.79 Å². The number of aliphatic carboxylic acids is 1. The number of carboxylic acid groups (broad SMARTS) is 1. The average Bonchev–Trinajstić information content (AvgIpc) is 2.46. The molecule has 1 atom stereocenters. The van der Waals surface area contributed by atoms with Crippen molar-refractivity contribution in [3.63, 3.8) is 0 Å². The third kappa shape index (κ3) is 4.20. The Morgan fingerprint density at radius 1 is 1.19 bits per heavy atom. The number of hydrogen-bond acceptors (Lipinski definition) is 3. The minimum atomic E-state index is -0.842. The third-order valence-corrected chi connectivity index (χ3v) is 3.25. The summed E-state index contributed by atoms with van der Waals surface area (Å²) in [5, 5.41) is 14.4. The molecule has 0 aromatic heterocycles. The number of carboxylic acids is 1. The molecule has 2 aromatic rings. The van der Waals surface area contributed by atoms with Crippen LogP contribution in [0.2, 0.25) is 0 Å². The van der Waals surface area contributed by atoms with Crippen LogP contribution >= 0.6 is 0 Å². The van der Waals surface area contributed by atoms with Gasteiger partial charge in [0.05, 0.1) is 6.61 Å². The second-order valence-corrected chi connectivity index (χ2v) is 5.33. The van der Waals surface area contributed by atoms with Gasteiger partial charge in [0, 0.05) is 17.8 Å². The van der Waals surface area contributed by atoms with Gasteiger partial charge >= 0.3 is 5.97 Å². The highest BCUT2D eigenvalue weighted by Gasteiger charge is 2.17. The van der Waals surface area contributed by atoms with Gasteiger partial charge < -0.3 is 15.2 Å². The fourth-order valence-electron chi connectivity index (χ4n) is 2.29. The van der Waals surface area contributed by atoms with Gasteiger partial charge in [-0.15, -0.1) is 0 Å². The molecule has 0 aliphatic rings. The number of hydrogen-bond donors (Lipinski definition) is 2. The minimum absolute atomic E-state index is 0.128. The molecule has 0 aliphatic heterocycles. The molecule has 2 N–H and O–H groups in total. The van der Waals surface area contributed by atoms with Gasteiger partial charge in [0.15, 0.2) is 0 Å². The first kappa shape index (κ1) is 15.3. The highest BCUT2D eigenvalue weighted by Crippen LogP contribution is 2.25. The molecule has 2 rings (SSSR count). The maximum atomic E-state index is 11.2. The van der Waals surface area contributed by atoms with Crippen LogP contribution in [-0.4, -0.2) is 29.8 Å². The van der Waals surface area contributed by atoms with Crippen LogP contribution < -0.4 is 10.1 Å². The van der Waals surface area contributed by atoms with Crippen LogP contribution in [0, 0.1) is 0 Å². The van der Waals surface area contributed by atoms with Crippen molar-refractivity contribution in [1.82, 2.24) is 5.32 Å². The van der Waals surface area contributed by atoms with E-state index in [-0.39, 0.29) is 6.04 Å². The van der Waals surface area contributed by atoms with Crippen molar-refractivity contribution >= 4 is 16.7 Å². The lowest BCUT2D eigenvalue weighted by Crippen LogP contribution is -2.41. The monoisotopic (exact) mass is 287 g/mol. The molecule has 0 bridgehead atoms. The summed E-state index contributed by atoms with van der Waals surface area (Å²) in [5.41, 5.74) is 0. The lowest BCUT2D eigenvalue weighted by molar-refractivity contribution is -0.140. The zero-order valence-electron chi connectivity index (χ0n) is 12.4. The molecule has 21 heavy (non-hydrogen) atoms. The van der Waals surface area contributed by atoms with Crippen molar-refractivity contribution < 1.29 is 14.6 Å². The van der Waals surface area contributed by atoms with Crippen LogP contribution in [0.25, 0.3) is 10.8 Å². The Labute approximate surface area is 124 Å². The average molecular weight is 287 g/mol. The van der Waals surface area contributed by atoms with Crippen LogP contribution in [0.5, 0.6) is 5.75 Å². The van der Waals surface area contributed by atoms with E-state index in [4.69, 9.17) is 4.74 Å². The number of nitrogens with one attached hydrogen (secondary N) is 1. The molecule has 0 aliphatic carbocycles. The molecule has 1 unspecified atom stereocenters.